The Kier molecular flexibility index (Phi) is 7.31. The first kappa shape index (κ1) is 21.6. The van der Waals surface area contributed by atoms with Crippen LogP contribution >= 0.6 is 0 Å². The number of methoxy groups -OCH3 is 1. The molecule has 0 heterocycles. The van der Waals surface area contributed by atoms with Crippen molar-refractivity contribution in [1.82, 2.24) is 4.31 Å². The first-order valence-electron chi connectivity index (χ1n) is 8.74. The van der Waals surface area contributed by atoms with Crippen LogP contribution in [0.3, 0.4) is 0 Å². The molecular weight excluding hydrogens is 383 g/mol. The van der Waals surface area contributed by atoms with Crippen LogP contribution in [0.1, 0.15) is 19.4 Å². The summed E-state index contributed by atoms with van der Waals surface area (Å²) in [5.41, 5.74) is 0.961. The van der Waals surface area contributed by atoms with E-state index in [-0.39, 0.29) is 10.6 Å². The Labute approximate surface area is 164 Å². The van der Waals surface area contributed by atoms with Crippen molar-refractivity contribution in [3.8, 4) is 5.75 Å². The summed E-state index contributed by atoms with van der Waals surface area (Å²) in [6, 6.07) is 10.3. The highest BCUT2D eigenvalue weighted by molar-refractivity contribution is 7.89. The van der Waals surface area contributed by atoms with Crippen LogP contribution in [0.4, 0.5) is 10.1 Å². The molecule has 0 atom stereocenters. The molecule has 0 fully saturated rings. The molecule has 6 nitrogen and oxygen atoms in total. The van der Waals surface area contributed by atoms with Crippen molar-refractivity contribution < 1.29 is 22.3 Å². The van der Waals surface area contributed by atoms with E-state index in [1.54, 1.807) is 19.9 Å². The first-order valence-corrected chi connectivity index (χ1v) is 10.2. The van der Waals surface area contributed by atoms with Crippen LogP contribution in [0.15, 0.2) is 53.4 Å². The van der Waals surface area contributed by atoms with Crippen LogP contribution in [0.2, 0.25) is 0 Å². The average Bonchev–Trinajstić information content (AvgIpc) is 2.67. The fourth-order valence-corrected chi connectivity index (χ4v) is 4.02. The van der Waals surface area contributed by atoms with Crippen LogP contribution in [-0.4, -0.2) is 38.8 Å². The van der Waals surface area contributed by atoms with E-state index in [0.717, 1.165) is 0 Å². The lowest BCUT2D eigenvalue weighted by atomic mass is 10.2. The van der Waals surface area contributed by atoms with Crippen LogP contribution in [0.5, 0.6) is 5.75 Å². The maximum absolute atomic E-state index is 13.7. The number of carbonyl (C=O) groups is 1. The number of rotatable bonds is 8. The molecule has 0 aliphatic rings. The molecule has 2 rings (SSSR count). The van der Waals surface area contributed by atoms with Gasteiger partial charge in [0.2, 0.25) is 15.9 Å². The molecule has 0 aromatic heterocycles. The summed E-state index contributed by atoms with van der Waals surface area (Å²) in [5.74, 6) is -0.813. The Morgan fingerprint density at radius 1 is 1.14 bits per heavy atom. The molecule has 28 heavy (non-hydrogen) atoms. The minimum atomic E-state index is -3.54. The zero-order valence-corrected chi connectivity index (χ0v) is 16.8. The van der Waals surface area contributed by atoms with Crippen molar-refractivity contribution >= 4 is 27.7 Å². The van der Waals surface area contributed by atoms with Gasteiger partial charge in [0.25, 0.3) is 0 Å². The van der Waals surface area contributed by atoms with Crippen LogP contribution in [0.25, 0.3) is 6.08 Å². The highest BCUT2D eigenvalue weighted by Gasteiger charge is 2.21. The highest BCUT2D eigenvalue weighted by atomic mass is 32.2. The van der Waals surface area contributed by atoms with E-state index in [4.69, 9.17) is 4.74 Å². The van der Waals surface area contributed by atoms with Crippen molar-refractivity contribution in [2.45, 2.75) is 18.7 Å². The molecule has 1 amide bonds. The maximum atomic E-state index is 13.7. The second kappa shape index (κ2) is 9.48. The molecular formula is C20H23FN2O4S. The number of anilines is 1. The normalized spacial score (nSPS) is 11.8. The predicted molar refractivity (Wildman–Crippen MR) is 107 cm³/mol. The second-order valence-corrected chi connectivity index (χ2v) is 7.77. The molecule has 150 valence electrons. The second-order valence-electron chi connectivity index (χ2n) is 5.83. The zero-order valence-electron chi connectivity index (χ0n) is 16.0. The highest BCUT2D eigenvalue weighted by Crippen LogP contribution is 2.19. The van der Waals surface area contributed by atoms with E-state index in [1.807, 2.05) is 0 Å². The quantitative estimate of drug-likeness (QED) is 0.681. The minimum Gasteiger partial charge on any atom is -0.494 e. The van der Waals surface area contributed by atoms with Crippen LogP contribution in [-0.2, 0) is 14.8 Å². The van der Waals surface area contributed by atoms with Crippen molar-refractivity contribution in [1.29, 1.82) is 0 Å². The van der Waals surface area contributed by atoms with Gasteiger partial charge >= 0.3 is 0 Å². The summed E-state index contributed by atoms with van der Waals surface area (Å²) in [5, 5.41) is 2.63. The van der Waals surface area contributed by atoms with Crippen LogP contribution in [0, 0.1) is 5.82 Å². The smallest absolute Gasteiger partial charge is 0.248 e. The summed E-state index contributed by atoms with van der Waals surface area (Å²) in [4.78, 5) is 12.2. The molecule has 0 saturated heterocycles. The van der Waals surface area contributed by atoms with Gasteiger partial charge in [-0.1, -0.05) is 19.9 Å². The zero-order chi connectivity index (χ0) is 20.7. The molecule has 8 heteroatoms. The molecule has 2 aromatic carbocycles. The lowest BCUT2D eigenvalue weighted by Crippen LogP contribution is -2.30. The number of amides is 1. The number of sulfonamides is 1. The SMILES string of the molecule is CCN(CC)S(=O)(=O)c1ccc(NC(=O)/C=C/c2ccc(OC)c(F)c2)cc1. The van der Waals surface area contributed by atoms with E-state index < -0.39 is 21.7 Å². The van der Waals surface area contributed by atoms with Gasteiger partial charge in [-0.2, -0.15) is 4.31 Å². The van der Waals surface area contributed by atoms with Gasteiger partial charge in [-0.25, -0.2) is 12.8 Å². The standard InChI is InChI=1S/C20H23FN2O4S/c1-4-23(5-2)28(25,26)17-10-8-16(9-11-17)22-20(24)13-7-15-6-12-19(27-3)18(21)14-15/h6-14H,4-5H2,1-3H3,(H,22,24)/b13-7+. The number of nitrogens with one attached hydrogen (secondary N) is 1. The fourth-order valence-electron chi connectivity index (χ4n) is 2.56. The Morgan fingerprint density at radius 3 is 2.32 bits per heavy atom. The number of hydrogen-bond donors (Lipinski definition) is 1. The number of halogens is 1. The van der Waals surface area contributed by atoms with Gasteiger partial charge in [0, 0.05) is 24.9 Å². The van der Waals surface area contributed by atoms with E-state index in [2.05, 4.69) is 5.32 Å². The molecule has 0 aliphatic carbocycles. The largest absolute Gasteiger partial charge is 0.494 e. The lowest BCUT2D eigenvalue weighted by molar-refractivity contribution is -0.111. The Bertz CT molecular complexity index is 953. The molecule has 0 bridgehead atoms. The third-order valence-electron chi connectivity index (χ3n) is 4.07. The van der Waals surface area contributed by atoms with E-state index in [9.17, 15) is 17.6 Å². The Morgan fingerprint density at radius 2 is 1.79 bits per heavy atom. The van der Waals surface area contributed by atoms with Crippen LogP contribution < -0.4 is 10.1 Å². The lowest BCUT2D eigenvalue weighted by Gasteiger charge is -2.18. The van der Waals surface area contributed by atoms with Crippen molar-refractivity contribution in [2.75, 3.05) is 25.5 Å². The first-order chi connectivity index (χ1) is 13.3. The molecule has 0 spiro atoms. The third-order valence-corrected chi connectivity index (χ3v) is 6.13. The molecule has 0 unspecified atom stereocenters. The fraction of sp³-hybridized carbons (Fsp3) is 0.250. The number of nitrogens with zero attached hydrogens (tertiary/aromatic N) is 1. The summed E-state index contributed by atoms with van der Waals surface area (Å²) < 4.78 is 44.8. The summed E-state index contributed by atoms with van der Waals surface area (Å²) in [6.07, 6.45) is 2.73. The maximum Gasteiger partial charge on any atom is 0.248 e. The molecule has 0 radical (unpaired) electrons. The third kappa shape index (κ3) is 5.17. The average molecular weight is 406 g/mol. The molecule has 0 saturated carbocycles. The van der Waals surface area contributed by atoms with Gasteiger partial charge in [0.1, 0.15) is 0 Å². The van der Waals surface area contributed by atoms with Gasteiger partial charge < -0.3 is 10.1 Å². The van der Waals surface area contributed by atoms with Gasteiger partial charge in [-0.3, -0.25) is 4.79 Å². The minimum absolute atomic E-state index is 0.126. The van der Waals surface area contributed by atoms with Gasteiger partial charge in [-0.05, 0) is 48.0 Å². The summed E-state index contributed by atoms with van der Waals surface area (Å²) in [7, 11) is -2.17. The molecule has 1 N–H and O–H groups in total. The van der Waals surface area contributed by atoms with Crippen molar-refractivity contribution in [3.05, 3.63) is 59.9 Å². The Balaban J connectivity index is 2.06. The molecule has 2 aromatic rings. The predicted octanol–water partition coefficient (Wildman–Crippen LogP) is 3.52. The van der Waals surface area contributed by atoms with E-state index in [0.29, 0.717) is 24.3 Å². The number of carbonyl (C=O) groups excluding carboxylic acids is 1. The summed E-state index contributed by atoms with van der Waals surface area (Å²) in [6.45, 7) is 4.31. The Hall–Kier alpha value is -2.71. The topological polar surface area (TPSA) is 75.7 Å². The molecule has 0 aliphatic heterocycles. The number of hydrogen-bond acceptors (Lipinski definition) is 4. The van der Waals surface area contributed by atoms with Gasteiger partial charge in [-0.15, -0.1) is 0 Å². The van der Waals surface area contributed by atoms with Gasteiger partial charge in [0.15, 0.2) is 11.6 Å². The van der Waals surface area contributed by atoms with Gasteiger partial charge in [0.05, 0.1) is 12.0 Å². The number of benzene rings is 2. The van der Waals surface area contributed by atoms with E-state index in [1.165, 1.54) is 60.0 Å². The number of ether oxygens (including phenoxy) is 1. The monoisotopic (exact) mass is 406 g/mol. The summed E-state index contributed by atoms with van der Waals surface area (Å²) >= 11 is 0. The van der Waals surface area contributed by atoms with Crippen molar-refractivity contribution in [3.63, 3.8) is 0 Å². The van der Waals surface area contributed by atoms with E-state index >= 15 is 0 Å². The van der Waals surface area contributed by atoms with Crippen molar-refractivity contribution in [2.24, 2.45) is 0 Å².